The second kappa shape index (κ2) is 6.30. The summed E-state index contributed by atoms with van der Waals surface area (Å²) in [5.41, 5.74) is -0.618. The molecule has 22 heavy (non-hydrogen) atoms. The Balaban J connectivity index is 1.92. The van der Waals surface area contributed by atoms with E-state index in [1.54, 1.807) is 4.90 Å². The fraction of sp³-hybridized carbons (Fsp3) is 0.692. The summed E-state index contributed by atoms with van der Waals surface area (Å²) in [4.78, 5) is 23.8. The molecule has 0 aromatic carbocycles. The van der Waals surface area contributed by atoms with Crippen LogP contribution in [0.4, 0.5) is 10.5 Å². The van der Waals surface area contributed by atoms with Crippen LogP contribution in [0.25, 0.3) is 0 Å². The molecule has 0 aliphatic carbocycles. The van der Waals surface area contributed by atoms with Crippen molar-refractivity contribution in [3.63, 3.8) is 0 Å². The molecule has 9 heteroatoms. The normalized spacial score (nSPS) is 19.0. The van der Waals surface area contributed by atoms with Crippen molar-refractivity contribution in [3.05, 3.63) is 22.5 Å². The summed E-state index contributed by atoms with van der Waals surface area (Å²) in [5, 5.41) is 14.6. The third-order valence-corrected chi connectivity index (χ3v) is 3.01. The highest BCUT2D eigenvalue weighted by atomic mass is 16.6. The zero-order valence-electron chi connectivity index (χ0n) is 12.9. The number of ether oxygens (including phenoxy) is 2. The molecular weight excluding hydrogens is 292 g/mol. The molecule has 0 radical (unpaired) electrons. The smallest absolute Gasteiger partial charge is 0.410 e. The molecule has 1 aliphatic rings. The van der Waals surface area contributed by atoms with Crippen molar-refractivity contribution in [3.8, 4) is 0 Å². The highest BCUT2D eigenvalue weighted by Crippen LogP contribution is 2.15. The molecule has 122 valence electrons. The second-order valence-corrected chi connectivity index (χ2v) is 6.10. The number of carbonyl (C=O) groups excluding carboxylic acids is 1. The van der Waals surface area contributed by atoms with Crippen LogP contribution in [-0.2, 0) is 16.0 Å². The highest BCUT2D eigenvalue weighted by molar-refractivity contribution is 5.68. The van der Waals surface area contributed by atoms with Crippen molar-refractivity contribution < 1.29 is 19.2 Å². The van der Waals surface area contributed by atoms with Gasteiger partial charge in [-0.25, -0.2) is 4.79 Å². The molecular formula is C13H20N4O5. The summed E-state index contributed by atoms with van der Waals surface area (Å²) in [6.07, 6.45) is 1.87. The first-order valence-corrected chi connectivity index (χ1v) is 7.01. The Morgan fingerprint density at radius 3 is 2.91 bits per heavy atom. The lowest BCUT2D eigenvalue weighted by molar-refractivity contribution is -0.385. The number of nitrogens with zero attached hydrogens (tertiary/aromatic N) is 4. The summed E-state index contributed by atoms with van der Waals surface area (Å²) in [6.45, 7) is 7.00. The molecule has 1 amide bonds. The summed E-state index contributed by atoms with van der Waals surface area (Å²) in [7, 11) is 0. The van der Waals surface area contributed by atoms with Gasteiger partial charge in [0.2, 0.25) is 0 Å². The summed E-state index contributed by atoms with van der Waals surface area (Å²) in [6, 6.07) is 0. The molecule has 1 aromatic rings. The maximum absolute atomic E-state index is 12.0. The van der Waals surface area contributed by atoms with Gasteiger partial charge in [-0.1, -0.05) is 0 Å². The highest BCUT2D eigenvalue weighted by Gasteiger charge is 2.28. The minimum atomic E-state index is -0.548. The van der Waals surface area contributed by atoms with Crippen LogP contribution in [0.1, 0.15) is 20.8 Å². The van der Waals surface area contributed by atoms with Gasteiger partial charge in [0.1, 0.15) is 18.0 Å². The molecule has 1 aromatic heterocycles. The summed E-state index contributed by atoms with van der Waals surface area (Å²) >= 11 is 0. The molecule has 0 saturated carbocycles. The molecule has 0 spiro atoms. The Bertz CT molecular complexity index is 551. The number of morpholine rings is 1. The second-order valence-electron chi connectivity index (χ2n) is 6.10. The van der Waals surface area contributed by atoms with E-state index in [4.69, 9.17) is 9.47 Å². The first-order chi connectivity index (χ1) is 10.2. The van der Waals surface area contributed by atoms with Crippen LogP contribution < -0.4 is 0 Å². The van der Waals surface area contributed by atoms with Gasteiger partial charge in [-0.15, -0.1) is 0 Å². The average Bonchev–Trinajstić information content (AvgIpc) is 2.86. The summed E-state index contributed by atoms with van der Waals surface area (Å²) in [5.74, 6) is 0. The molecule has 1 fully saturated rings. The Labute approximate surface area is 127 Å². The zero-order valence-corrected chi connectivity index (χ0v) is 12.9. The van der Waals surface area contributed by atoms with Crippen molar-refractivity contribution in [2.24, 2.45) is 0 Å². The van der Waals surface area contributed by atoms with E-state index >= 15 is 0 Å². The van der Waals surface area contributed by atoms with Gasteiger partial charge in [-0.05, 0) is 20.8 Å². The van der Waals surface area contributed by atoms with Crippen molar-refractivity contribution in [1.82, 2.24) is 14.7 Å². The standard InChI is InChI=1S/C13H20N4O5/c1-13(2,3)22-12(18)15-4-5-21-11(8-15)9-16-7-10(6-14-16)17(19)20/h6-7,11H,4-5,8-9H2,1-3H3/t11-/m0/s1. The lowest BCUT2D eigenvalue weighted by Crippen LogP contribution is -2.48. The molecule has 0 unspecified atom stereocenters. The van der Waals surface area contributed by atoms with Crippen LogP contribution in [0.2, 0.25) is 0 Å². The number of hydrogen-bond acceptors (Lipinski definition) is 6. The minimum absolute atomic E-state index is 0.0696. The van der Waals surface area contributed by atoms with Gasteiger partial charge in [-0.2, -0.15) is 5.10 Å². The topological polar surface area (TPSA) is 99.7 Å². The molecule has 0 bridgehead atoms. The van der Waals surface area contributed by atoms with E-state index in [0.717, 1.165) is 0 Å². The number of amides is 1. The van der Waals surface area contributed by atoms with Crippen molar-refractivity contribution >= 4 is 11.8 Å². The van der Waals surface area contributed by atoms with Gasteiger partial charge in [-0.3, -0.25) is 14.8 Å². The van der Waals surface area contributed by atoms with Crippen molar-refractivity contribution in [2.45, 2.75) is 39.0 Å². The van der Waals surface area contributed by atoms with Crippen LogP contribution in [-0.4, -0.2) is 57.1 Å². The predicted octanol–water partition coefficient (Wildman–Crippen LogP) is 1.43. The monoisotopic (exact) mass is 312 g/mol. The van der Waals surface area contributed by atoms with Crippen molar-refractivity contribution in [2.75, 3.05) is 19.7 Å². The Kier molecular flexibility index (Phi) is 4.65. The molecule has 1 atom stereocenters. The van der Waals surface area contributed by atoms with Crippen LogP contribution in [0, 0.1) is 10.1 Å². The van der Waals surface area contributed by atoms with Gasteiger partial charge in [0.15, 0.2) is 0 Å². The molecule has 0 N–H and O–H groups in total. The molecule has 2 rings (SSSR count). The van der Waals surface area contributed by atoms with E-state index in [-0.39, 0.29) is 17.9 Å². The van der Waals surface area contributed by atoms with Gasteiger partial charge in [0.25, 0.3) is 0 Å². The molecule has 2 heterocycles. The number of nitro groups is 1. The van der Waals surface area contributed by atoms with Gasteiger partial charge in [0.05, 0.1) is 30.7 Å². The third-order valence-electron chi connectivity index (χ3n) is 3.01. The Hall–Kier alpha value is -2.16. The Morgan fingerprint density at radius 1 is 1.59 bits per heavy atom. The van der Waals surface area contributed by atoms with Crippen LogP contribution in [0.3, 0.4) is 0 Å². The maximum Gasteiger partial charge on any atom is 0.410 e. The Morgan fingerprint density at radius 2 is 2.32 bits per heavy atom. The first-order valence-electron chi connectivity index (χ1n) is 7.01. The van der Waals surface area contributed by atoms with Gasteiger partial charge >= 0.3 is 11.8 Å². The van der Waals surface area contributed by atoms with E-state index in [1.165, 1.54) is 17.1 Å². The van der Waals surface area contributed by atoms with Crippen LogP contribution in [0.5, 0.6) is 0 Å². The summed E-state index contributed by atoms with van der Waals surface area (Å²) < 4.78 is 12.4. The van der Waals surface area contributed by atoms with E-state index in [1.807, 2.05) is 20.8 Å². The van der Waals surface area contributed by atoms with E-state index in [0.29, 0.717) is 26.2 Å². The fourth-order valence-corrected chi connectivity index (χ4v) is 2.08. The van der Waals surface area contributed by atoms with Crippen LogP contribution >= 0.6 is 0 Å². The number of hydrogen-bond donors (Lipinski definition) is 0. The number of rotatable bonds is 3. The molecule has 1 saturated heterocycles. The number of aromatic nitrogens is 2. The third kappa shape index (κ3) is 4.42. The first kappa shape index (κ1) is 16.2. The van der Waals surface area contributed by atoms with E-state index < -0.39 is 10.5 Å². The van der Waals surface area contributed by atoms with Gasteiger partial charge in [0, 0.05) is 6.54 Å². The molecule has 1 aliphatic heterocycles. The lowest BCUT2D eigenvalue weighted by Gasteiger charge is -2.34. The minimum Gasteiger partial charge on any atom is -0.444 e. The lowest BCUT2D eigenvalue weighted by atomic mass is 10.2. The zero-order chi connectivity index (χ0) is 16.3. The van der Waals surface area contributed by atoms with E-state index in [2.05, 4.69) is 5.10 Å². The van der Waals surface area contributed by atoms with E-state index in [9.17, 15) is 14.9 Å². The number of carbonyl (C=O) groups is 1. The molecule has 9 nitrogen and oxygen atoms in total. The predicted molar refractivity (Wildman–Crippen MR) is 76.4 cm³/mol. The largest absolute Gasteiger partial charge is 0.444 e. The SMILES string of the molecule is CC(C)(C)OC(=O)N1CCO[C@H](Cn2cc([N+](=O)[O-])cn2)C1. The fourth-order valence-electron chi connectivity index (χ4n) is 2.08. The van der Waals surface area contributed by atoms with Crippen molar-refractivity contribution in [1.29, 1.82) is 0 Å². The van der Waals surface area contributed by atoms with Gasteiger partial charge < -0.3 is 14.4 Å². The average molecular weight is 312 g/mol. The maximum atomic E-state index is 12.0. The van der Waals surface area contributed by atoms with Crippen LogP contribution in [0.15, 0.2) is 12.4 Å². The quantitative estimate of drug-likeness (QED) is 0.618.